The number of methoxy groups -OCH3 is 4. The maximum atomic E-state index is 9.84. The van der Waals surface area contributed by atoms with E-state index in [9.17, 15) is 5.11 Å². The maximum absolute atomic E-state index is 9.84. The van der Waals surface area contributed by atoms with Crippen LogP contribution >= 0.6 is 0 Å². The first-order chi connectivity index (χ1) is 26.7. The molecule has 0 aliphatic rings. The van der Waals surface area contributed by atoms with Crippen LogP contribution in [-0.2, 0) is 12.8 Å². The van der Waals surface area contributed by atoms with Crippen LogP contribution in [0.4, 0.5) is 0 Å². The molecule has 0 fully saturated rings. The van der Waals surface area contributed by atoms with E-state index in [0.717, 1.165) is 59.0 Å². The third-order valence-corrected chi connectivity index (χ3v) is 9.38. The van der Waals surface area contributed by atoms with Crippen LogP contribution in [0.2, 0.25) is 0 Å². The van der Waals surface area contributed by atoms with Gasteiger partial charge in [-0.25, -0.2) is 9.97 Å². The fraction of sp³-hybridized carbons (Fsp3) is 0.318. The van der Waals surface area contributed by atoms with Crippen molar-refractivity contribution < 1.29 is 24.1 Å². The lowest BCUT2D eigenvalue weighted by Gasteiger charge is -2.16. The fourth-order valence-corrected chi connectivity index (χ4v) is 6.44. The molecule has 2 atom stereocenters. The van der Waals surface area contributed by atoms with Gasteiger partial charge >= 0.3 is 0 Å². The molecule has 11 nitrogen and oxygen atoms in total. The Kier molecular flexibility index (Phi) is 14.1. The molecule has 2 heterocycles. The highest BCUT2D eigenvalue weighted by Crippen LogP contribution is 2.41. The molecule has 0 aliphatic heterocycles. The van der Waals surface area contributed by atoms with Gasteiger partial charge in [0.15, 0.2) is 34.6 Å². The lowest BCUT2D eigenvalue weighted by Crippen LogP contribution is -2.09. The van der Waals surface area contributed by atoms with Crippen LogP contribution in [0.5, 0.6) is 28.7 Å². The van der Waals surface area contributed by atoms with E-state index in [2.05, 4.69) is 70.6 Å². The van der Waals surface area contributed by atoms with E-state index in [4.69, 9.17) is 28.9 Å². The van der Waals surface area contributed by atoms with Gasteiger partial charge in [0, 0.05) is 24.0 Å². The van der Waals surface area contributed by atoms with Gasteiger partial charge in [0.05, 0.1) is 51.2 Å². The van der Waals surface area contributed by atoms with E-state index in [1.165, 1.54) is 18.2 Å². The number of nitrogens with zero attached hydrogens (tertiary/aromatic N) is 6. The summed E-state index contributed by atoms with van der Waals surface area (Å²) in [5.74, 6) is 4.31. The van der Waals surface area contributed by atoms with Gasteiger partial charge in [-0.15, -0.1) is 10.2 Å². The molecule has 6 rings (SSSR count). The number of hydrogen-bond donors (Lipinski definition) is 1. The first-order valence-corrected chi connectivity index (χ1v) is 18.4. The Labute approximate surface area is 323 Å². The van der Waals surface area contributed by atoms with Gasteiger partial charge in [0.2, 0.25) is 5.75 Å². The van der Waals surface area contributed by atoms with Crippen molar-refractivity contribution in [3.05, 3.63) is 125 Å². The quantitative estimate of drug-likeness (QED) is 0.115. The van der Waals surface area contributed by atoms with Crippen molar-refractivity contribution in [2.75, 3.05) is 28.4 Å². The second-order valence-electron chi connectivity index (χ2n) is 13.2. The van der Waals surface area contributed by atoms with E-state index in [0.29, 0.717) is 47.1 Å². The molecule has 6 aromatic rings. The van der Waals surface area contributed by atoms with Crippen molar-refractivity contribution in [1.29, 1.82) is 0 Å². The summed E-state index contributed by atoms with van der Waals surface area (Å²) in [5.41, 5.74) is 7.26. The molecule has 1 unspecified atom stereocenters. The number of phenols is 1. The molecule has 0 amide bonds. The van der Waals surface area contributed by atoms with Gasteiger partial charge in [-0.05, 0) is 73.6 Å². The maximum Gasteiger partial charge on any atom is 0.203 e. The number of aromatic nitrogens is 6. The summed E-state index contributed by atoms with van der Waals surface area (Å²) in [5, 5.41) is 27.1. The summed E-state index contributed by atoms with van der Waals surface area (Å²) < 4.78 is 21.6. The Balaban J connectivity index is 0.000000211. The van der Waals surface area contributed by atoms with E-state index >= 15 is 0 Å². The van der Waals surface area contributed by atoms with Crippen LogP contribution in [0, 0.1) is 13.8 Å². The number of aromatic hydroxyl groups is 1. The number of rotatable bonds is 14. The average Bonchev–Trinajstić information content (AvgIpc) is 3.22. The molecule has 0 aliphatic carbocycles. The van der Waals surface area contributed by atoms with Crippen LogP contribution in [0.15, 0.2) is 91.0 Å². The zero-order valence-corrected chi connectivity index (χ0v) is 32.9. The molecule has 0 radical (unpaired) electrons. The SMILES string of the molecule is CCCC(Cc1nnc(C)c(-c2ccc(O)c(OC)c2)n1)c1ccccc1.COc1cc(-c2nc(C[C@H](C)c3ccccc3)nnc2C)cc(OC)c1OC. The third-order valence-electron chi connectivity index (χ3n) is 9.38. The van der Waals surface area contributed by atoms with E-state index in [1.54, 1.807) is 33.5 Å². The predicted molar refractivity (Wildman–Crippen MR) is 214 cm³/mol. The molecule has 1 N–H and O–H groups in total. The van der Waals surface area contributed by atoms with E-state index in [-0.39, 0.29) is 5.75 Å². The van der Waals surface area contributed by atoms with Gasteiger partial charge in [-0.1, -0.05) is 80.9 Å². The summed E-state index contributed by atoms with van der Waals surface area (Å²) >= 11 is 0. The lowest BCUT2D eigenvalue weighted by molar-refractivity contribution is 0.324. The van der Waals surface area contributed by atoms with Crippen LogP contribution in [-0.4, -0.2) is 63.9 Å². The highest BCUT2D eigenvalue weighted by molar-refractivity contribution is 5.70. The monoisotopic (exact) mass is 742 g/mol. The second-order valence-corrected chi connectivity index (χ2v) is 13.2. The van der Waals surface area contributed by atoms with Gasteiger partial charge < -0.3 is 24.1 Å². The molecule has 4 aromatic carbocycles. The van der Waals surface area contributed by atoms with Crippen molar-refractivity contribution in [2.24, 2.45) is 0 Å². The number of ether oxygens (including phenoxy) is 4. The summed E-state index contributed by atoms with van der Waals surface area (Å²) in [4.78, 5) is 9.57. The Morgan fingerprint density at radius 2 is 1.09 bits per heavy atom. The van der Waals surface area contributed by atoms with E-state index < -0.39 is 0 Å². The molecular formula is C44H50N6O5. The molecule has 11 heteroatoms. The van der Waals surface area contributed by atoms with Crippen LogP contribution in [0.25, 0.3) is 22.5 Å². The summed E-state index contributed by atoms with van der Waals surface area (Å²) in [6, 6.07) is 29.8. The average molecular weight is 743 g/mol. The number of benzene rings is 4. The van der Waals surface area contributed by atoms with Crippen molar-refractivity contribution in [2.45, 2.75) is 65.2 Å². The van der Waals surface area contributed by atoms with E-state index in [1.807, 2.05) is 56.3 Å². The molecule has 286 valence electrons. The fourth-order valence-electron chi connectivity index (χ4n) is 6.44. The number of aryl methyl sites for hydroxylation is 2. The normalized spacial score (nSPS) is 11.9. The minimum absolute atomic E-state index is 0.105. The number of hydrogen-bond acceptors (Lipinski definition) is 11. The zero-order valence-electron chi connectivity index (χ0n) is 32.9. The van der Waals surface area contributed by atoms with Gasteiger partial charge in [-0.2, -0.15) is 10.2 Å². The summed E-state index contributed by atoms with van der Waals surface area (Å²) in [7, 11) is 6.31. The van der Waals surface area contributed by atoms with Crippen LogP contribution in [0.1, 0.15) is 72.7 Å². The largest absolute Gasteiger partial charge is 0.504 e. The molecule has 2 aromatic heterocycles. The lowest BCUT2D eigenvalue weighted by atomic mass is 9.91. The minimum atomic E-state index is 0.105. The zero-order chi connectivity index (χ0) is 39.3. The Morgan fingerprint density at radius 1 is 0.582 bits per heavy atom. The molecule has 55 heavy (non-hydrogen) atoms. The molecular weight excluding hydrogens is 693 g/mol. The Hall–Kier alpha value is -6.10. The first kappa shape index (κ1) is 40.1. The topological polar surface area (TPSA) is 134 Å². The van der Waals surface area contributed by atoms with Crippen molar-refractivity contribution >= 4 is 0 Å². The summed E-state index contributed by atoms with van der Waals surface area (Å²) in [6.07, 6.45) is 3.62. The summed E-state index contributed by atoms with van der Waals surface area (Å²) in [6.45, 7) is 8.14. The molecule has 0 saturated carbocycles. The molecule has 0 spiro atoms. The standard InChI is InChI=1S/C22H25N3O3.C22H25N3O2/c1-14(16-9-7-6-8-10-16)11-20-23-21(15(2)24-25-20)17-12-18(26-3)22(28-5)19(13-17)27-4;1-4-8-17(16-9-6-5-7-10-16)14-21-23-22(15(2)24-25-21)18-11-12-19(26)20(13-18)27-3/h6-10,12-14H,11H2,1-5H3;5-7,9-13,17,26H,4,8,14H2,1-3H3/t14-;/m0./s1. The minimum Gasteiger partial charge on any atom is -0.504 e. The third kappa shape index (κ3) is 10.1. The van der Waals surface area contributed by atoms with Gasteiger partial charge in [0.1, 0.15) is 0 Å². The van der Waals surface area contributed by atoms with Gasteiger partial charge in [-0.3, -0.25) is 0 Å². The highest BCUT2D eigenvalue weighted by Gasteiger charge is 2.19. The van der Waals surface area contributed by atoms with Crippen molar-refractivity contribution in [1.82, 2.24) is 30.4 Å². The van der Waals surface area contributed by atoms with Crippen LogP contribution < -0.4 is 18.9 Å². The highest BCUT2D eigenvalue weighted by atomic mass is 16.5. The molecule has 0 saturated heterocycles. The number of phenolic OH excluding ortho intramolecular Hbond substituents is 1. The van der Waals surface area contributed by atoms with Crippen molar-refractivity contribution in [3.8, 4) is 51.3 Å². The van der Waals surface area contributed by atoms with Crippen molar-refractivity contribution in [3.63, 3.8) is 0 Å². The second kappa shape index (κ2) is 19.3. The Bertz CT molecular complexity index is 2120. The smallest absolute Gasteiger partial charge is 0.203 e. The Morgan fingerprint density at radius 3 is 1.62 bits per heavy atom. The molecule has 0 bridgehead atoms. The first-order valence-electron chi connectivity index (χ1n) is 18.4. The van der Waals surface area contributed by atoms with Crippen LogP contribution in [0.3, 0.4) is 0 Å². The van der Waals surface area contributed by atoms with Gasteiger partial charge in [0.25, 0.3) is 0 Å². The predicted octanol–water partition coefficient (Wildman–Crippen LogP) is 8.91.